The molecule has 1 saturated heterocycles. The molecule has 2 fully saturated rings. The van der Waals surface area contributed by atoms with E-state index in [9.17, 15) is 4.79 Å². The number of amides is 2. The Morgan fingerprint density at radius 2 is 1.78 bits per heavy atom. The van der Waals surface area contributed by atoms with Gasteiger partial charge in [0, 0.05) is 38.9 Å². The van der Waals surface area contributed by atoms with Crippen LogP contribution in [-0.2, 0) is 6.54 Å². The Kier molecular flexibility index (Phi) is 7.36. The van der Waals surface area contributed by atoms with Gasteiger partial charge in [-0.2, -0.15) is 0 Å². The van der Waals surface area contributed by atoms with Crippen LogP contribution in [0.3, 0.4) is 0 Å². The summed E-state index contributed by atoms with van der Waals surface area (Å²) in [5, 5.41) is 3.07. The van der Waals surface area contributed by atoms with Gasteiger partial charge in [-0.05, 0) is 43.2 Å². The zero-order valence-corrected chi connectivity index (χ0v) is 17.1. The molecule has 27 heavy (non-hydrogen) atoms. The highest BCUT2D eigenvalue weighted by Gasteiger charge is 2.20. The Morgan fingerprint density at radius 3 is 2.41 bits per heavy atom. The molecule has 3 rings (SSSR count). The highest BCUT2D eigenvalue weighted by Crippen LogP contribution is 2.22. The molecule has 1 aliphatic carbocycles. The molecule has 1 aromatic rings. The van der Waals surface area contributed by atoms with Gasteiger partial charge in [0.1, 0.15) is 5.82 Å². The number of pyridine rings is 1. The molecule has 0 aromatic carbocycles. The minimum absolute atomic E-state index is 0.0367. The molecule has 1 aromatic heterocycles. The lowest BCUT2D eigenvalue weighted by Gasteiger charge is -2.31. The number of hydrogen-bond donors (Lipinski definition) is 1. The quantitative estimate of drug-likeness (QED) is 0.842. The molecule has 2 amide bonds. The third-order valence-electron chi connectivity index (χ3n) is 6.30. The number of nitrogens with zero attached hydrogens (tertiary/aromatic N) is 3. The molecular weight excluding hydrogens is 336 g/mol. The lowest BCUT2D eigenvalue weighted by atomic mass is 9.96. The van der Waals surface area contributed by atoms with E-state index in [1.165, 1.54) is 44.9 Å². The topological polar surface area (TPSA) is 48.5 Å². The molecule has 0 radical (unpaired) electrons. The van der Waals surface area contributed by atoms with Crippen molar-refractivity contribution in [2.24, 2.45) is 5.92 Å². The minimum Gasteiger partial charge on any atom is -0.357 e. The molecule has 0 spiro atoms. The van der Waals surface area contributed by atoms with E-state index in [-0.39, 0.29) is 6.03 Å². The molecule has 5 heteroatoms. The molecule has 1 aliphatic heterocycles. The van der Waals surface area contributed by atoms with Gasteiger partial charge < -0.3 is 15.1 Å². The van der Waals surface area contributed by atoms with Crippen molar-refractivity contribution in [3.8, 4) is 0 Å². The van der Waals surface area contributed by atoms with Gasteiger partial charge in [0.2, 0.25) is 0 Å². The van der Waals surface area contributed by atoms with Crippen molar-refractivity contribution in [1.29, 1.82) is 0 Å². The van der Waals surface area contributed by atoms with E-state index >= 15 is 0 Å². The third kappa shape index (κ3) is 5.85. The third-order valence-corrected chi connectivity index (χ3v) is 6.30. The second-order valence-corrected chi connectivity index (χ2v) is 8.46. The summed E-state index contributed by atoms with van der Waals surface area (Å²) in [5.74, 6) is 1.88. The molecule has 2 aliphatic rings. The maximum absolute atomic E-state index is 12.5. The highest BCUT2D eigenvalue weighted by atomic mass is 16.2. The summed E-state index contributed by atoms with van der Waals surface area (Å²) in [7, 11) is 1.94. The number of anilines is 1. The van der Waals surface area contributed by atoms with Gasteiger partial charge in [-0.15, -0.1) is 0 Å². The number of aromatic nitrogens is 1. The SMILES string of the molecule is CC1CCN(c2ccc(CNC(=O)N(C)C3CCCCCCC3)cn2)CC1. The Balaban J connectivity index is 1.46. The van der Waals surface area contributed by atoms with Crippen molar-refractivity contribution in [2.45, 2.75) is 77.3 Å². The number of rotatable bonds is 4. The number of hydrogen-bond acceptors (Lipinski definition) is 3. The van der Waals surface area contributed by atoms with Crippen LogP contribution in [0.4, 0.5) is 10.6 Å². The summed E-state index contributed by atoms with van der Waals surface area (Å²) in [5.41, 5.74) is 1.06. The summed E-state index contributed by atoms with van der Waals surface area (Å²) in [4.78, 5) is 21.5. The molecule has 0 unspecified atom stereocenters. The highest BCUT2D eigenvalue weighted by molar-refractivity contribution is 5.74. The maximum Gasteiger partial charge on any atom is 0.317 e. The molecule has 150 valence electrons. The van der Waals surface area contributed by atoms with Crippen LogP contribution in [0.5, 0.6) is 0 Å². The normalized spacial score (nSPS) is 20.0. The molecule has 2 heterocycles. The molecule has 0 bridgehead atoms. The van der Waals surface area contributed by atoms with Gasteiger partial charge in [-0.3, -0.25) is 0 Å². The smallest absolute Gasteiger partial charge is 0.317 e. The Hall–Kier alpha value is -1.78. The number of carbonyl (C=O) groups excluding carboxylic acids is 1. The van der Waals surface area contributed by atoms with Gasteiger partial charge >= 0.3 is 6.03 Å². The zero-order chi connectivity index (χ0) is 19.1. The Morgan fingerprint density at radius 1 is 1.11 bits per heavy atom. The first-order valence-corrected chi connectivity index (χ1v) is 10.8. The van der Waals surface area contributed by atoms with E-state index < -0.39 is 0 Å². The van der Waals surface area contributed by atoms with Crippen LogP contribution in [0, 0.1) is 5.92 Å². The van der Waals surface area contributed by atoms with Crippen molar-refractivity contribution < 1.29 is 4.79 Å². The van der Waals surface area contributed by atoms with Crippen molar-refractivity contribution in [3.63, 3.8) is 0 Å². The van der Waals surface area contributed by atoms with E-state index in [1.54, 1.807) is 0 Å². The van der Waals surface area contributed by atoms with Crippen LogP contribution in [0.1, 0.15) is 70.3 Å². The standard InChI is InChI=1S/C22H36N4O/c1-18-12-14-26(15-13-18)21-11-10-19(16-23-21)17-24-22(27)25(2)20-8-6-4-3-5-7-9-20/h10-11,16,18,20H,3-9,12-15,17H2,1-2H3,(H,24,27). The van der Waals surface area contributed by atoms with Crippen molar-refractivity contribution >= 4 is 11.8 Å². The van der Waals surface area contributed by atoms with Crippen LogP contribution < -0.4 is 10.2 Å². The molecule has 5 nitrogen and oxygen atoms in total. The summed E-state index contributed by atoms with van der Waals surface area (Å²) in [6, 6.07) is 4.61. The fourth-order valence-corrected chi connectivity index (χ4v) is 4.24. The monoisotopic (exact) mass is 372 g/mol. The largest absolute Gasteiger partial charge is 0.357 e. The summed E-state index contributed by atoms with van der Waals surface area (Å²) in [6.07, 6.45) is 13.1. The first kappa shape index (κ1) is 20.0. The predicted octanol–water partition coefficient (Wildman–Crippen LogP) is 4.57. The van der Waals surface area contributed by atoms with Crippen LogP contribution >= 0.6 is 0 Å². The van der Waals surface area contributed by atoms with Gasteiger partial charge in [-0.1, -0.05) is 45.1 Å². The van der Waals surface area contributed by atoms with Gasteiger partial charge in [0.25, 0.3) is 0 Å². The van der Waals surface area contributed by atoms with Gasteiger partial charge in [-0.25, -0.2) is 9.78 Å². The van der Waals surface area contributed by atoms with E-state index in [2.05, 4.69) is 34.3 Å². The molecule has 1 N–H and O–H groups in total. The van der Waals surface area contributed by atoms with Crippen LogP contribution in [0.15, 0.2) is 18.3 Å². The van der Waals surface area contributed by atoms with Crippen LogP contribution in [0.25, 0.3) is 0 Å². The average Bonchev–Trinajstić information content (AvgIpc) is 2.66. The van der Waals surface area contributed by atoms with E-state index in [0.717, 1.165) is 43.2 Å². The van der Waals surface area contributed by atoms with Crippen molar-refractivity contribution in [3.05, 3.63) is 23.9 Å². The minimum atomic E-state index is 0.0367. The molecular formula is C22H36N4O. The van der Waals surface area contributed by atoms with Crippen molar-refractivity contribution in [2.75, 3.05) is 25.0 Å². The fourth-order valence-electron chi connectivity index (χ4n) is 4.24. The lowest BCUT2D eigenvalue weighted by Crippen LogP contribution is -2.43. The van der Waals surface area contributed by atoms with E-state index in [0.29, 0.717) is 12.6 Å². The second-order valence-electron chi connectivity index (χ2n) is 8.46. The first-order valence-electron chi connectivity index (χ1n) is 10.8. The number of carbonyl (C=O) groups is 1. The fraction of sp³-hybridized carbons (Fsp3) is 0.727. The number of urea groups is 1. The Bertz CT molecular complexity index is 572. The van der Waals surface area contributed by atoms with Gasteiger partial charge in [0.15, 0.2) is 0 Å². The van der Waals surface area contributed by atoms with Gasteiger partial charge in [0.05, 0.1) is 0 Å². The predicted molar refractivity (Wildman–Crippen MR) is 111 cm³/mol. The molecule has 1 saturated carbocycles. The number of piperidine rings is 1. The molecule has 0 atom stereocenters. The number of nitrogens with one attached hydrogen (secondary N) is 1. The maximum atomic E-state index is 12.5. The van der Waals surface area contributed by atoms with E-state index in [4.69, 9.17) is 0 Å². The van der Waals surface area contributed by atoms with Crippen LogP contribution in [0.2, 0.25) is 0 Å². The summed E-state index contributed by atoms with van der Waals surface area (Å²) < 4.78 is 0. The zero-order valence-electron chi connectivity index (χ0n) is 17.1. The van der Waals surface area contributed by atoms with Crippen LogP contribution in [-0.4, -0.2) is 42.1 Å². The summed E-state index contributed by atoms with van der Waals surface area (Å²) >= 11 is 0. The lowest BCUT2D eigenvalue weighted by molar-refractivity contribution is 0.178. The summed E-state index contributed by atoms with van der Waals surface area (Å²) in [6.45, 7) is 5.05. The van der Waals surface area contributed by atoms with E-state index in [1.807, 2.05) is 18.1 Å². The second kappa shape index (κ2) is 9.95. The average molecular weight is 373 g/mol. The van der Waals surface area contributed by atoms with Crippen molar-refractivity contribution in [1.82, 2.24) is 15.2 Å². The Labute approximate surface area is 164 Å². The first-order chi connectivity index (χ1) is 13.1.